The summed E-state index contributed by atoms with van der Waals surface area (Å²) in [4.78, 5) is 2.04. The Balaban J connectivity index is 2.00. The van der Waals surface area contributed by atoms with Crippen LogP contribution in [0.25, 0.3) is 0 Å². The number of rotatable bonds is 6. The summed E-state index contributed by atoms with van der Waals surface area (Å²) in [5.41, 5.74) is 1.14. The molecule has 0 spiro atoms. The minimum Gasteiger partial charge on any atom is -0.497 e. The van der Waals surface area contributed by atoms with Gasteiger partial charge in [0.2, 0.25) is 0 Å². The van der Waals surface area contributed by atoms with Crippen molar-refractivity contribution in [1.29, 1.82) is 0 Å². The van der Waals surface area contributed by atoms with Gasteiger partial charge in [-0.25, -0.2) is 8.42 Å². The summed E-state index contributed by atoms with van der Waals surface area (Å²) in [6.07, 6.45) is 0. The van der Waals surface area contributed by atoms with Gasteiger partial charge in [-0.15, -0.1) is 0 Å². The van der Waals surface area contributed by atoms with E-state index in [0.29, 0.717) is 42.8 Å². The second kappa shape index (κ2) is 8.24. The van der Waals surface area contributed by atoms with Crippen molar-refractivity contribution < 1.29 is 22.6 Å². The van der Waals surface area contributed by atoms with Gasteiger partial charge in [0.25, 0.3) is 10.0 Å². The van der Waals surface area contributed by atoms with Crippen LogP contribution in [0.15, 0.2) is 41.3 Å². The molecule has 0 aromatic heterocycles. The number of morpholine rings is 1. The molecule has 146 valence electrons. The van der Waals surface area contributed by atoms with Crippen LogP contribution in [0.4, 0.5) is 11.4 Å². The third-order valence-corrected chi connectivity index (χ3v) is 5.84. The van der Waals surface area contributed by atoms with E-state index in [4.69, 9.17) is 25.8 Å². The highest BCUT2D eigenvalue weighted by Crippen LogP contribution is 2.34. The number of anilines is 2. The molecular weight excluding hydrogens is 392 g/mol. The van der Waals surface area contributed by atoms with Crippen LogP contribution in [-0.2, 0) is 14.8 Å². The van der Waals surface area contributed by atoms with E-state index >= 15 is 0 Å². The van der Waals surface area contributed by atoms with Gasteiger partial charge in [0.05, 0.1) is 38.8 Å². The smallest absolute Gasteiger partial charge is 0.265 e. The lowest BCUT2D eigenvalue weighted by atomic mass is 10.2. The number of sulfonamides is 1. The molecule has 0 atom stereocenters. The van der Waals surface area contributed by atoms with E-state index in [1.54, 1.807) is 30.3 Å². The van der Waals surface area contributed by atoms with Crippen LogP contribution < -0.4 is 19.1 Å². The fourth-order valence-corrected chi connectivity index (χ4v) is 4.29. The lowest BCUT2D eigenvalue weighted by Gasteiger charge is -2.30. The number of nitrogens with one attached hydrogen (secondary N) is 1. The first-order valence-corrected chi connectivity index (χ1v) is 10.2. The van der Waals surface area contributed by atoms with Crippen LogP contribution in [0, 0.1) is 0 Å². The lowest BCUT2D eigenvalue weighted by molar-refractivity contribution is 0.123. The molecule has 1 heterocycles. The number of benzene rings is 2. The van der Waals surface area contributed by atoms with Crippen molar-refractivity contribution in [3.05, 3.63) is 41.4 Å². The maximum absolute atomic E-state index is 13.1. The van der Waals surface area contributed by atoms with Crippen molar-refractivity contribution in [2.45, 2.75) is 4.90 Å². The minimum atomic E-state index is -3.94. The molecule has 2 aromatic rings. The first-order valence-electron chi connectivity index (χ1n) is 8.31. The van der Waals surface area contributed by atoms with Gasteiger partial charge in [0, 0.05) is 24.2 Å². The molecule has 9 heteroatoms. The number of nitrogens with zero attached hydrogens (tertiary/aromatic N) is 1. The van der Waals surface area contributed by atoms with Crippen molar-refractivity contribution in [3.8, 4) is 11.5 Å². The number of hydrogen-bond donors (Lipinski definition) is 1. The summed E-state index contributed by atoms with van der Waals surface area (Å²) >= 11 is 6.11. The van der Waals surface area contributed by atoms with Crippen molar-refractivity contribution in [1.82, 2.24) is 0 Å². The molecule has 1 aliphatic rings. The van der Waals surface area contributed by atoms with Crippen LogP contribution in [0.5, 0.6) is 11.5 Å². The van der Waals surface area contributed by atoms with Crippen LogP contribution in [0.1, 0.15) is 0 Å². The quantitative estimate of drug-likeness (QED) is 0.785. The molecule has 0 amide bonds. The zero-order valence-corrected chi connectivity index (χ0v) is 16.6. The summed E-state index contributed by atoms with van der Waals surface area (Å²) < 4.78 is 44.5. The van der Waals surface area contributed by atoms with Crippen molar-refractivity contribution in [3.63, 3.8) is 0 Å². The van der Waals surface area contributed by atoms with Crippen molar-refractivity contribution in [2.75, 3.05) is 50.1 Å². The standard InChI is InChI=1S/C18H21ClN2O5S/c1-24-14-4-6-17(25-2)18(12-14)27(22,23)20-15-11-13(19)3-5-16(15)21-7-9-26-10-8-21/h3-6,11-12,20H,7-10H2,1-2H3. The topological polar surface area (TPSA) is 77.1 Å². The lowest BCUT2D eigenvalue weighted by Crippen LogP contribution is -2.36. The Morgan fingerprint density at radius 2 is 1.81 bits per heavy atom. The molecule has 1 aliphatic heterocycles. The average molecular weight is 413 g/mol. The largest absolute Gasteiger partial charge is 0.497 e. The zero-order valence-electron chi connectivity index (χ0n) is 15.1. The summed E-state index contributed by atoms with van der Waals surface area (Å²) in [6.45, 7) is 2.49. The number of methoxy groups -OCH3 is 2. The van der Waals surface area contributed by atoms with Crippen LogP contribution in [-0.4, -0.2) is 48.9 Å². The van der Waals surface area contributed by atoms with E-state index in [0.717, 1.165) is 5.69 Å². The Bertz CT molecular complexity index is 914. The zero-order chi connectivity index (χ0) is 19.4. The molecule has 0 aliphatic carbocycles. The number of halogens is 1. The third kappa shape index (κ3) is 4.40. The highest BCUT2D eigenvalue weighted by Gasteiger charge is 2.24. The number of hydrogen-bond acceptors (Lipinski definition) is 6. The van der Waals surface area contributed by atoms with E-state index in [1.165, 1.54) is 20.3 Å². The molecule has 27 heavy (non-hydrogen) atoms. The molecule has 2 aromatic carbocycles. The molecule has 7 nitrogen and oxygen atoms in total. The maximum atomic E-state index is 13.1. The molecule has 0 bridgehead atoms. The summed E-state index contributed by atoms with van der Waals surface area (Å²) in [5.74, 6) is 0.633. The van der Waals surface area contributed by atoms with Gasteiger partial charge in [0.1, 0.15) is 16.4 Å². The minimum absolute atomic E-state index is 0.0164. The summed E-state index contributed by atoms with van der Waals surface area (Å²) in [5, 5.41) is 0.433. The summed E-state index contributed by atoms with van der Waals surface area (Å²) in [6, 6.07) is 9.73. The molecule has 1 N–H and O–H groups in total. The monoisotopic (exact) mass is 412 g/mol. The Labute approximate surface area is 163 Å². The SMILES string of the molecule is COc1ccc(OC)c(S(=O)(=O)Nc2cc(Cl)ccc2N2CCOCC2)c1. The predicted molar refractivity (Wildman–Crippen MR) is 105 cm³/mol. The second-order valence-electron chi connectivity index (χ2n) is 5.88. The maximum Gasteiger partial charge on any atom is 0.265 e. The van der Waals surface area contributed by atoms with Gasteiger partial charge < -0.3 is 19.1 Å². The van der Waals surface area contributed by atoms with E-state index < -0.39 is 10.0 Å². The Morgan fingerprint density at radius 3 is 2.48 bits per heavy atom. The van der Waals surface area contributed by atoms with Crippen LogP contribution in [0.2, 0.25) is 5.02 Å². The second-order valence-corrected chi connectivity index (χ2v) is 7.97. The van der Waals surface area contributed by atoms with Gasteiger partial charge in [-0.3, -0.25) is 4.72 Å². The van der Waals surface area contributed by atoms with Gasteiger partial charge in [-0.2, -0.15) is 0 Å². The Morgan fingerprint density at radius 1 is 1.07 bits per heavy atom. The molecular formula is C18H21ClN2O5S. The molecule has 1 saturated heterocycles. The normalized spacial score (nSPS) is 14.7. The molecule has 1 fully saturated rings. The Hall–Kier alpha value is -2.16. The highest BCUT2D eigenvalue weighted by atomic mass is 35.5. The van der Waals surface area contributed by atoms with Gasteiger partial charge in [-0.1, -0.05) is 11.6 Å². The predicted octanol–water partition coefficient (Wildman–Crippen LogP) is 2.99. The first kappa shape index (κ1) is 19.6. The number of ether oxygens (including phenoxy) is 3. The molecule has 3 rings (SSSR count). The van der Waals surface area contributed by atoms with Gasteiger partial charge >= 0.3 is 0 Å². The first-order chi connectivity index (χ1) is 12.9. The van der Waals surface area contributed by atoms with E-state index in [1.807, 2.05) is 0 Å². The third-order valence-electron chi connectivity index (χ3n) is 4.22. The molecule has 0 unspecified atom stereocenters. The van der Waals surface area contributed by atoms with E-state index in [2.05, 4.69) is 9.62 Å². The van der Waals surface area contributed by atoms with Gasteiger partial charge in [-0.05, 0) is 30.3 Å². The van der Waals surface area contributed by atoms with Gasteiger partial charge in [0.15, 0.2) is 0 Å². The van der Waals surface area contributed by atoms with E-state index in [-0.39, 0.29) is 10.6 Å². The average Bonchev–Trinajstić information content (AvgIpc) is 2.68. The fourth-order valence-electron chi connectivity index (χ4n) is 2.86. The van der Waals surface area contributed by atoms with Crippen LogP contribution in [0.3, 0.4) is 0 Å². The Kier molecular flexibility index (Phi) is 5.98. The molecule has 0 saturated carbocycles. The van der Waals surface area contributed by atoms with E-state index in [9.17, 15) is 8.42 Å². The molecule has 0 radical (unpaired) electrons. The van der Waals surface area contributed by atoms with Crippen molar-refractivity contribution in [2.24, 2.45) is 0 Å². The fraction of sp³-hybridized carbons (Fsp3) is 0.333. The summed E-state index contributed by atoms with van der Waals surface area (Å²) in [7, 11) is -1.05. The highest BCUT2D eigenvalue weighted by molar-refractivity contribution is 7.92. The van der Waals surface area contributed by atoms with Crippen LogP contribution >= 0.6 is 11.6 Å². The van der Waals surface area contributed by atoms with Crippen molar-refractivity contribution >= 4 is 33.0 Å².